The number of fused-ring (bicyclic) bond motifs is 1. The minimum Gasteiger partial charge on any atom is -0.483 e. The van der Waals surface area contributed by atoms with Crippen LogP contribution in [0.4, 0.5) is 8.78 Å². The lowest BCUT2D eigenvalue weighted by molar-refractivity contribution is 0.159. The molecule has 0 saturated heterocycles. The van der Waals surface area contributed by atoms with Gasteiger partial charge in [0.15, 0.2) is 11.6 Å². The lowest BCUT2D eigenvalue weighted by Gasteiger charge is -2.37. The van der Waals surface area contributed by atoms with E-state index in [1.165, 1.54) is 4.31 Å². The number of halogens is 2. The van der Waals surface area contributed by atoms with Crippen molar-refractivity contribution in [1.29, 1.82) is 0 Å². The smallest absolute Gasteiger partial charge is 0.243 e. The van der Waals surface area contributed by atoms with Crippen molar-refractivity contribution in [1.82, 2.24) is 4.31 Å². The third-order valence-electron chi connectivity index (χ3n) is 5.43. The average Bonchev–Trinajstić information content (AvgIpc) is 2.61. The molecule has 2 aromatic carbocycles. The van der Waals surface area contributed by atoms with Crippen molar-refractivity contribution in [2.45, 2.75) is 56.2 Å². The van der Waals surface area contributed by atoms with Crippen LogP contribution in [0.5, 0.6) is 5.75 Å². The standard InChI is InChI=1S/C22H23F2NO3S/c1-22(2)11-10-16-12-15(6-9-21(16)28-22)14-25(17-4-3-5-17)29(26,27)18-7-8-19(23)20(24)13-18/h6-13,17H,3-5,14H2,1-2H3. The molecular formula is C22H23F2NO3S. The normalized spacial score (nSPS) is 18.2. The highest BCUT2D eigenvalue weighted by atomic mass is 32.2. The predicted octanol–water partition coefficient (Wildman–Crippen LogP) is 4.89. The molecule has 1 saturated carbocycles. The Balaban J connectivity index is 1.66. The number of rotatable bonds is 5. The van der Waals surface area contributed by atoms with Gasteiger partial charge in [-0.15, -0.1) is 0 Å². The van der Waals surface area contributed by atoms with Crippen molar-refractivity contribution in [3.05, 3.63) is 65.2 Å². The van der Waals surface area contributed by atoms with Gasteiger partial charge < -0.3 is 4.74 Å². The van der Waals surface area contributed by atoms with Crippen LogP contribution in [0.15, 0.2) is 47.4 Å². The van der Waals surface area contributed by atoms with Crippen LogP contribution in [0.25, 0.3) is 6.08 Å². The summed E-state index contributed by atoms with van der Waals surface area (Å²) >= 11 is 0. The third-order valence-corrected chi connectivity index (χ3v) is 7.32. The summed E-state index contributed by atoms with van der Waals surface area (Å²) < 4.78 is 60.7. The summed E-state index contributed by atoms with van der Waals surface area (Å²) in [5, 5.41) is 0. The molecule has 2 aromatic rings. The van der Waals surface area contributed by atoms with Gasteiger partial charge in [-0.05, 0) is 68.7 Å². The van der Waals surface area contributed by atoms with Crippen LogP contribution in [0.1, 0.15) is 44.2 Å². The van der Waals surface area contributed by atoms with Gasteiger partial charge in [-0.3, -0.25) is 0 Å². The molecule has 0 unspecified atom stereocenters. The lowest BCUT2D eigenvalue weighted by atomic mass is 9.93. The van der Waals surface area contributed by atoms with Crippen LogP contribution >= 0.6 is 0 Å². The average molecular weight is 419 g/mol. The first kappa shape index (κ1) is 20.0. The van der Waals surface area contributed by atoms with E-state index >= 15 is 0 Å². The van der Waals surface area contributed by atoms with E-state index < -0.39 is 21.7 Å². The van der Waals surface area contributed by atoms with E-state index in [9.17, 15) is 17.2 Å². The SMILES string of the molecule is CC1(C)C=Cc2cc(CN(C3CCC3)S(=O)(=O)c3ccc(F)c(F)c3)ccc2O1. The Bertz CT molecular complexity index is 1080. The summed E-state index contributed by atoms with van der Waals surface area (Å²) in [4.78, 5) is -0.230. The maximum absolute atomic E-state index is 13.7. The first-order valence-electron chi connectivity index (χ1n) is 9.64. The number of benzene rings is 2. The van der Waals surface area contributed by atoms with E-state index in [4.69, 9.17) is 4.74 Å². The van der Waals surface area contributed by atoms with Gasteiger partial charge in [0.05, 0.1) is 4.90 Å². The van der Waals surface area contributed by atoms with Crippen molar-refractivity contribution in [2.75, 3.05) is 0 Å². The van der Waals surface area contributed by atoms with E-state index in [0.717, 1.165) is 54.3 Å². The molecule has 1 heterocycles. The topological polar surface area (TPSA) is 46.6 Å². The van der Waals surface area contributed by atoms with Crippen LogP contribution in [0.2, 0.25) is 0 Å². The number of hydrogen-bond donors (Lipinski definition) is 0. The summed E-state index contributed by atoms with van der Waals surface area (Å²) in [7, 11) is -3.96. The number of ether oxygens (including phenoxy) is 1. The van der Waals surface area contributed by atoms with Gasteiger partial charge in [0, 0.05) is 18.2 Å². The van der Waals surface area contributed by atoms with Crippen molar-refractivity contribution in [2.24, 2.45) is 0 Å². The van der Waals surface area contributed by atoms with Crippen LogP contribution in [-0.2, 0) is 16.6 Å². The molecule has 0 spiro atoms. The maximum atomic E-state index is 13.7. The van der Waals surface area contributed by atoms with E-state index in [0.29, 0.717) is 0 Å². The molecule has 1 aliphatic carbocycles. The highest BCUT2D eigenvalue weighted by Crippen LogP contribution is 2.35. The molecule has 154 valence electrons. The van der Waals surface area contributed by atoms with Crippen LogP contribution in [0.3, 0.4) is 0 Å². The van der Waals surface area contributed by atoms with Crippen molar-refractivity contribution < 1.29 is 21.9 Å². The first-order valence-corrected chi connectivity index (χ1v) is 11.1. The molecular weight excluding hydrogens is 396 g/mol. The zero-order valence-electron chi connectivity index (χ0n) is 16.4. The summed E-state index contributed by atoms with van der Waals surface area (Å²) in [5.74, 6) is -1.48. The van der Waals surface area contributed by atoms with Crippen molar-refractivity contribution in [3.8, 4) is 5.75 Å². The van der Waals surface area contributed by atoms with Gasteiger partial charge in [0.2, 0.25) is 10.0 Å². The molecule has 0 N–H and O–H groups in total. The molecule has 7 heteroatoms. The van der Waals surface area contributed by atoms with Crippen LogP contribution in [0, 0.1) is 11.6 Å². The monoisotopic (exact) mass is 419 g/mol. The molecule has 0 atom stereocenters. The molecule has 4 nitrogen and oxygen atoms in total. The second-order valence-corrected chi connectivity index (χ2v) is 10.0. The lowest BCUT2D eigenvalue weighted by Crippen LogP contribution is -2.43. The van der Waals surface area contributed by atoms with Gasteiger partial charge in [-0.2, -0.15) is 4.31 Å². The quantitative estimate of drug-likeness (QED) is 0.693. The molecule has 2 aliphatic rings. The molecule has 29 heavy (non-hydrogen) atoms. The number of nitrogens with zero attached hydrogens (tertiary/aromatic N) is 1. The highest BCUT2D eigenvalue weighted by Gasteiger charge is 2.35. The van der Waals surface area contributed by atoms with Crippen LogP contribution in [-0.4, -0.2) is 24.4 Å². The zero-order chi connectivity index (χ0) is 20.8. The third kappa shape index (κ3) is 3.94. The predicted molar refractivity (Wildman–Crippen MR) is 107 cm³/mol. The Morgan fingerprint density at radius 1 is 1.10 bits per heavy atom. The Morgan fingerprint density at radius 3 is 2.52 bits per heavy atom. The van der Waals surface area contributed by atoms with Gasteiger partial charge >= 0.3 is 0 Å². The minimum atomic E-state index is -3.96. The molecule has 4 rings (SSSR count). The fourth-order valence-electron chi connectivity index (χ4n) is 3.57. The van der Waals surface area contributed by atoms with Gasteiger partial charge in [-0.1, -0.05) is 18.6 Å². The minimum absolute atomic E-state index is 0.144. The van der Waals surface area contributed by atoms with E-state index in [1.54, 1.807) is 0 Å². The Morgan fingerprint density at radius 2 is 1.86 bits per heavy atom. The van der Waals surface area contributed by atoms with Crippen molar-refractivity contribution >= 4 is 16.1 Å². The van der Waals surface area contributed by atoms with E-state index in [-0.39, 0.29) is 23.1 Å². The Kier molecular flexibility index (Phi) is 4.99. The molecule has 1 fully saturated rings. The maximum Gasteiger partial charge on any atom is 0.243 e. The van der Waals surface area contributed by atoms with Crippen molar-refractivity contribution in [3.63, 3.8) is 0 Å². The van der Waals surface area contributed by atoms with Gasteiger partial charge in [0.25, 0.3) is 0 Å². The van der Waals surface area contributed by atoms with E-state index in [1.807, 2.05) is 44.2 Å². The fourth-order valence-corrected chi connectivity index (χ4v) is 5.25. The molecule has 1 aliphatic heterocycles. The van der Waals surface area contributed by atoms with E-state index in [2.05, 4.69) is 0 Å². The summed E-state index contributed by atoms with van der Waals surface area (Å²) in [6, 6.07) is 8.18. The Labute approximate surface area is 169 Å². The number of hydrogen-bond acceptors (Lipinski definition) is 3. The highest BCUT2D eigenvalue weighted by molar-refractivity contribution is 7.89. The summed E-state index contributed by atoms with van der Waals surface area (Å²) in [6.45, 7) is 4.09. The van der Waals surface area contributed by atoms with Gasteiger partial charge in [-0.25, -0.2) is 17.2 Å². The zero-order valence-corrected chi connectivity index (χ0v) is 17.2. The Hall–Kier alpha value is -2.25. The van der Waals surface area contributed by atoms with Gasteiger partial charge in [0.1, 0.15) is 11.4 Å². The molecule has 0 amide bonds. The first-order chi connectivity index (χ1) is 13.7. The largest absolute Gasteiger partial charge is 0.483 e. The number of sulfonamides is 1. The fraction of sp³-hybridized carbons (Fsp3) is 0.364. The molecule has 0 aromatic heterocycles. The summed E-state index contributed by atoms with van der Waals surface area (Å²) in [6.07, 6.45) is 6.39. The molecule has 0 radical (unpaired) electrons. The summed E-state index contributed by atoms with van der Waals surface area (Å²) in [5.41, 5.74) is 1.32. The molecule has 0 bridgehead atoms. The second kappa shape index (κ2) is 7.22. The van der Waals surface area contributed by atoms with Crippen LogP contribution < -0.4 is 4.74 Å². The second-order valence-electron chi connectivity index (χ2n) is 8.12.